The van der Waals surface area contributed by atoms with Crippen LogP contribution in [0.25, 0.3) is 0 Å². The maximum Gasteiger partial charge on any atom is 0.225 e. The van der Waals surface area contributed by atoms with Crippen LogP contribution in [0.5, 0.6) is 5.75 Å². The monoisotopic (exact) mass is 581 g/mol. The molecule has 3 rings (SSSR count). The molecule has 0 fully saturated rings. The van der Waals surface area contributed by atoms with E-state index in [-0.39, 0.29) is 11.7 Å². The molecule has 0 aliphatic heterocycles. The lowest BCUT2D eigenvalue weighted by molar-refractivity contribution is -0.683. The summed E-state index contributed by atoms with van der Waals surface area (Å²) >= 11 is 1.72. The number of hydrogen-bond donors (Lipinski definition) is 0. The van der Waals surface area contributed by atoms with Crippen LogP contribution >= 0.6 is 11.3 Å². The van der Waals surface area contributed by atoms with Crippen molar-refractivity contribution in [2.75, 3.05) is 18.1 Å². The molecule has 0 aliphatic carbocycles. The fourth-order valence-electron chi connectivity index (χ4n) is 5.21. The minimum Gasteiger partial charge on any atom is -0.491 e. The lowest BCUT2D eigenvalue weighted by Gasteiger charge is -2.22. The van der Waals surface area contributed by atoms with Gasteiger partial charge in [0.2, 0.25) is 11.4 Å². The van der Waals surface area contributed by atoms with Crippen LogP contribution in [0.2, 0.25) is 0 Å². The number of carbonyl (C=O) groups excluding carboxylic acids is 1. The van der Waals surface area contributed by atoms with Crippen LogP contribution in [0.15, 0.2) is 54.2 Å². The highest BCUT2D eigenvalue weighted by molar-refractivity contribution is 7.09. The minimum absolute atomic E-state index is 0.0241. The molecule has 3 aromatic rings. The Hall–Kier alpha value is -2.73. The Labute approximate surface area is 251 Å². The van der Waals surface area contributed by atoms with Gasteiger partial charge in [-0.25, -0.2) is 4.39 Å². The molecule has 0 atom stereocenters. The third-order valence-electron chi connectivity index (χ3n) is 7.56. The molecule has 1 aromatic heterocycles. The summed E-state index contributed by atoms with van der Waals surface area (Å²) < 4.78 is 22.7. The molecule has 6 heteroatoms. The number of rotatable bonds is 20. The van der Waals surface area contributed by atoms with Crippen LogP contribution in [0.4, 0.5) is 10.1 Å². The number of ether oxygens (including phenoxy) is 1. The maximum atomic E-state index is 14.8. The van der Waals surface area contributed by atoms with E-state index >= 15 is 0 Å². The summed E-state index contributed by atoms with van der Waals surface area (Å²) in [7, 11) is 0. The second kappa shape index (κ2) is 18.7. The van der Waals surface area contributed by atoms with Crippen molar-refractivity contribution in [1.29, 1.82) is 0 Å². The highest BCUT2D eigenvalue weighted by Crippen LogP contribution is 2.22. The Kier molecular flexibility index (Phi) is 14.9. The van der Waals surface area contributed by atoms with Crippen molar-refractivity contribution in [3.05, 3.63) is 76.0 Å². The topological polar surface area (TPSA) is 33.4 Å². The van der Waals surface area contributed by atoms with Crippen molar-refractivity contribution >= 4 is 22.9 Å². The Morgan fingerprint density at radius 1 is 0.902 bits per heavy atom. The van der Waals surface area contributed by atoms with Crippen molar-refractivity contribution in [3.8, 4) is 5.75 Å². The molecule has 0 aliphatic rings. The van der Waals surface area contributed by atoms with Crippen LogP contribution in [-0.4, -0.2) is 19.1 Å². The molecule has 4 nitrogen and oxygen atoms in total. The molecule has 0 unspecified atom stereocenters. The number of anilines is 1. The second-order valence-corrected chi connectivity index (χ2v) is 12.3. The first-order valence-electron chi connectivity index (χ1n) is 15.7. The van der Waals surface area contributed by atoms with E-state index in [9.17, 15) is 9.18 Å². The van der Waals surface area contributed by atoms with Gasteiger partial charge in [0.25, 0.3) is 0 Å². The van der Waals surface area contributed by atoms with Gasteiger partial charge < -0.3 is 9.64 Å². The molecule has 0 N–H and O–H groups in total. The number of hydrogen-bond acceptors (Lipinski definition) is 3. The normalized spacial score (nSPS) is 11.1. The third kappa shape index (κ3) is 12.4. The van der Waals surface area contributed by atoms with Crippen LogP contribution < -0.4 is 14.2 Å². The molecule has 0 bridgehead atoms. The average Bonchev–Trinajstić information content (AvgIpc) is 3.36. The standard InChI is InChI=1S/C35H50FN2O2S/c1-4-5-6-7-8-9-10-11-12-13-14-15-23-40-35-20-19-31(25-34(35)36)21-22-38(30(3)39)33-18-16-17-32(24-33)27-37-26-29(2)41-28-37/h16-20,24-26,28H,4-15,21-23,27H2,1-3H3/q+1. The fraction of sp³-hybridized carbons (Fsp3) is 0.543. The Morgan fingerprint density at radius 3 is 2.20 bits per heavy atom. The van der Waals surface area contributed by atoms with Crippen molar-refractivity contribution in [3.63, 3.8) is 0 Å². The molecule has 224 valence electrons. The van der Waals surface area contributed by atoms with E-state index in [0.717, 1.165) is 36.2 Å². The number of benzene rings is 2. The molecule has 1 heterocycles. The lowest BCUT2D eigenvalue weighted by Crippen LogP contribution is -2.32. The number of unbranched alkanes of at least 4 members (excludes halogenated alkanes) is 11. The summed E-state index contributed by atoms with van der Waals surface area (Å²) in [6.07, 6.45) is 18.2. The van der Waals surface area contributed by atoms with Gasteiger partial charge in [-0.05, 0) is 49.6 Å². The Morgan fingerprint density at radius 2 is 1.59 bits per heavy atom. The lowest BCUT2D eigenvalue weighted by atomic mass is 10.1. The van der Waals surface area contributed by atoms with Crippen LogP contribution in [0.1, 0.15) is 107 Å². The average molecular weight is 582 g/mol. The van der Waals surface area contributed by atoms with Gasteiger partial charge in [-0.15, -0.1) is 0 Å². The molecule has 1 amide bonds. The van der Waals surface area contributed by atoms with Gasteiger partial charge in [0.05, 0.1) is 11.5 Å². The molecule has 0 saturated heterocycles. The zero-order valence-electron chi connectivity index (χ0n) is 25.5. The van der Waals surface area contributed by atoms with Crippen molar-refractivity contribution in [2.24, 2.45) is 0 Å². The smallest absolute Gasteiger partial charge is 0.225 e. The number of halogens is 1. The summed E-state index contributed by atoms with van der Waals surface area (Å²) in [5, 5.41) is 0. The maximum absolute atomic E-state index is 14.8. The van der Waals surface area contributed by atoms with Crippen molar-refractivity contribution in [2.45, 2.75) is 111 Å². The van der Waals surface area contributed by atoms with E-state index in [1.54, 1.807) is 35.3 Å². The molecule has 0 saturated carbocycles. The number of amides is 1. The van der Waals surface area contributed by atoms with Gasteiger partial charge in [-0.1, -0.05) is 107 Å². The summed E-state index contributed by atoms with van der Waals surface area (Å²) in [6, 6.07) is 13.3. The molecule has 41 heavy (non-hydrogen) atoms. The molecular weight excluding hydrogens is 531 g/mol. The van der Waals surface area contributed by atoms with Crippen molar-refractivity contribution in [1.82, 2.24) is 0 Å². The summed E-state index contributed by atoms with van der Waals surface area (Å²) in [5.41, 5.74) is 4.96. The number of aryl methyl sites for hydroxylation is 1. The van der Waals surface area contributed by atoms with Gasteiger partial charge in [0.15, 0.2) is 24.3 Å². The van der Waals surface area contributed by atoms with Gasteiger partial charge in [-0.3, -0.25) is 4.79 Å². The number of nitrogens with zero attached hydrogens (tertiary/aromatic N) is 2. The summed E-state index contributed by atoms with van der Waals surface area (Å²) in [4.78, 5) is 15.5. The first-order chi connectivity index (χ1) is 20.0. The zero-order chi connectivity index (χ0) is 29.3. The molecule has 2 aromatic carbocycles. The predicted molar refractivity (Wildman–Crippen MR) is 169 cm³/mol. The van der Waals surface area contributed by atoms with Gasteiger partial charge in [0.1, 0.15) is 0 Å². The van der Waals surface area contributed by atoms with E-state index in [2.05, 4.69) is 42.3 Å². The van der Waals surface area contributed by atoms with Crippen LogP contribution in [0, 0.1) is 12.7 Å². The van der Waals surface area contributed by atoms with Gasteiger partial charge >= 0.3 is 0 Å². The summed E-state index contributed by atoms with van der Waals surface area (Å²) in [6.45, 7) is 7.73. The van der Waals surface area contributed by atoms with Crippen molar-refractivity contribution < 1.29 is 18.5 Å². The number of carbonyl (C=O) groups is 1. The third-order valence-corrected chi connectivity index (χ3v) is 8.42. The quantitative estimate of drug-likeness (QED) is 0.0984. The van der Waals surface area contributed by atoms with E-state index < -0.39 is 0 Å². The van der Waals surface area contributed by atoms with Crippen LogP contribution in [-0.2, 0) is 17.8 Å². The van der Waals surface area contributed by atoms with Gasteiger partial charge in [0, 0.05) is 24.7 Å². The largest absolute Gasteiger partial charge is 0.491 e. The second-order valence-electron chi connectivity index (χ2n) is 11.2. The SMILES string of the molecule is CCCCCCCCCCCCCCOc1ccc(CCN(C(C)=O)c2cccc(C[n+]3csc(C)c3)c2)cc1F. The first kappa shape index (κ1) is 32.8. The highest BCUT2D eigenvalue weighted by atomic mass is 32.1. The zero-order valence-corrected chi connectivity index (χ0v) is 26.3. The highest BCUT2D eigenvalue weighted by Gasteiger charge is 2.14. The molecule has 0 radical (unpaired) electrons. The van der Waals surface area contributed by atoms with E-state index in [1.165, 1.54) is 69.1 Å². The number of aromatic nitrogens is 1. The fourth-order valence-corrected chi connectivity index (χ4v) is 5.85. The number of thiazole rings is 1. The van der Waals surface area contributed by atoms with E-state index in [1.807, 2.05) is 18.2 Å². The Bertz CT molecular complexity index is 1180. The van der Waals surface area contributed by atoms with E-state index in [4.69, 9.17) is 4.74 Å². The van der Waals surface area contributed by atoms with Gasteiger partial charge in [-0.2, -0.15) is 4.57 Å². The first-order valence-corrected chi connectivity index (χ1v) is 16.6. The summed E-state index contributed by atoms with van der Waals surface area (Å²) in [5.74, 6) is -0.0426. The Balaban J connectivity index is 1.36. The molecule has 0 spiro atoms. The minimum atomic E-state index is -0.333. The predicted octanol–water partition coefficient (Wildman–Crippen LogP) is 9.21. The van der Waals surface area contributed by atoms with Crippen LogP contribution in [0.3, 0.4) is 0 Å². The van der Waals surface area contributed by atoms with E-state index in [0.29, 0.717) is 25.3 Å². The molecular formula is C35H50FN2O2S+.